The first-order valence-electron chi connectivity index (χ1n) is 4.89. The first kappa shape index (κ1) is 9.98. The number of ether oxygens (including phenoxy) is 1. The van der Waals surface area contributed by atoms with E-state index in [1.54, 1.807) is 11.9 Å². The summed E-state index contributed by atoms with van der Waals surface area (Å²) in [6.45, 7) is 0.931. The molecule has 0 radical (unpaired) electrons. The lowest BCUT2D eigenvalue weighted by Crippen LogP contribution is -2.35. The quantitative estimate of drug-likeness (QED) is 0.776. The second-order valence-electron chi connectivity index (χ2n) is 3.57. The topological polar surface area (TPSA) is 41.6 Å². The van der Waals surface area contributed by atoms with Crippen molar-refractivity contribution in [3.05, 3.63) is 23.8 Å². The van der Waals surface area contributed by atoms with E-state index in [0.717, 1.165) is 23.5 Å². The van der Waals surface area contributed by atoms with E-state index in [1.807, 2.05) is 25.2 Å². The molecule has 1 aromatic rings. The van der Waals surface area contributed by atoms with Gasteiger partial charge in [0.15, 0.2) is 6.61 Å². The van der Waals surface area contributed by atoms with E-state index in [1.165, 1.54) is 0 Å². The van der Waals surface area contributed by atoms with E-state index in [4.69, 9.17) is 4.74 Å². The molecular formula is C11H14N2O2. The lowest BCUT2D eigenvalue weighted by atomic mass is 10.1. The summed E-state index contributed by atoms with van der Waals surface area (Å²) < 4.78 is 5.37. The number of carbonyl (C=O) groups is 1. The molecule has 0 spiro atoms. The van der Waals surface area contributed by atoms with Crippen molar-refractivity contribution in [2.24, 2.45) is 0 Å². The highest BCUT2D eigenvalue weighted by Crippen LogP contribution is 2.31. The smallest absolute Gasteiger partial charge is 0.264 e. The van der Waals surface area contributed by atoms with Gasteiger partial charge in [0.1, 0.15) is 5.75 Å². The number of carbonyl (C=O) groups excluding carboxylic acids is 1. The summed E-state index contributed by atoms with van der Waals surface area (Å²) in [6, 6.07) is 5.88. The number of amides is 1. The van der Waals surface area contributed by atoms with Crippen LogP contribution < -0.4 is 15.0 Å². The number of rotatable bonds is 2. The molecule has 1 aliphatic heterocycles. The minimum Gasteiger partial charge on any atom is -0.482 e. The highest BCUT2D eigenvalue weighted by molar-refractivity contribution is 5.97. The Morgan fingerprint density at radius 2 is 2.33 bits per heavy atom. The zero-order valence-corrected chi connectivity index (χ0v) is 8.91. The molecule has 0 bridgehead atoms. The fourth-order valence-corrected chi connectivity index (χ4v) is 1.64. The second kappa shape index (κ2) is 3.90. The molecular weight excluding hydrogens is 192 g/mol. The maximum absolute atomic E-state index is 11.4. The van der Waals surface area contributed by atoms with E-state index >= 15 is 0 Å². The first-order valence-corrected chi connectivity index (χ1v) is 4.89. The molecule has 0 aliphatic carbocycles. The molecule has 1 heterocycles. The van der Waals surface area contributed by atoms with Gasteiger partial charge >= 0.3 is 0 Å². The Kier molecular flexibility index (Phi) is 2.60. The number of nitrogens with zero attached hydrogens (tertiary/aromatic N) is 1. The molecule has 1 aliphatic rings. The highest BCUT2D eigenvalue weighted by Gasteiger charge is 2.21. The van der Waals surface area contributed by atoms with Crippen LogP contribution in [0.5, 0.6) is 5.75 Å². The van der Waals surface area contributed by atoms with Crippen molar-refractivity contribution in [1.82, 2.24) is 5.32 Å². The Labute approximate surface area is 88.8 Å². The predicted octanol–water partition coefficient (Wildman–Crippen LogP) is 0.761. The Morgan fingerprint density at radius 3 is 3.07 bits per heavy atom. The van der Waals surface area contributed by atoms with E-state index in [2.05, 4.69) is 5.32 Å². The monoisotopic (exact) mass is 206 g/mol. The van der Waals surface area contributed by atoms with Crippen molar-refractivity contribution in [1.29, 1.82) is 0 Å². The van der Waals surface area contributed by atoms with E-state index in [9.17, 15) is 4.79 Å². The third kappa shape index (κ3) is 1.80. The first-order chi connectivity index (χ1) is 7.22. The largest absolute Gasteiger partial charge is 0.482 e. The Morgan fingerprint density at radius 1 is 1.53 bits per heavy atom. The maximum atomic E-state index is 11.4. The minimum atomic E-state index is -0.0103. The SMILES string of the molecule is CNCc1ccc2c(c1)OCC(=O)N2C. The lowest BCUT2D eigenvalue weighted by molar-refractivity contribution is -0.120. The van der Waals surface area contributed by atoms with Crippen LogP contribution in [0.2, 0.25) is 0 Å². The van der Waals surface area contributed by atoms with E-state index in [0.29, 0.717) is 0 Å². The van der Waals surface area contributed by atoms with Crippen molar-refractivity contribution in [3.8, 4) is 5.75 Å². The number of likely N-dealkylation sites (N-methyl/N-ethyl adjacent to an activating group) is 1. The molecule has 0 saturated heterocycles. The van der Waals surface area contributed by atoms with Gasteiger partial charge in [-0.05, 0) is 24.7 Å². The molecule has 0 unspecified atom stereocenters. The summed E-state index contributed by atoms with van der Waals surface area (Å²) in [5.41, 5.74) is 1.99. The van der Waals surface area contributed by atoms with Crippen LogP contribution in [-0.2, 0) is 11.3 Å². The van der Waals surface area contributed by atoms with Crippen LogP contribution in [0.15, 0.2) is 18.2 Å². The normalized spacial score (nSPS) is 14.8. The molecule has 2 rings (SSSR count). The molecule has 0 saturated carbocycles. The molecule has 4 nitrogen and oxygen atoms in total. The van der Waals surface area contributed by atoms with Gasteiger partial charge in [-0.25, -0.2) is 0 Å². The lowest BCUT2D eigenvalue weighted by Gasteiger charge is -2.26. The van der Waals surface area contributed by atoms with Crippen LogP contribution >= 0.6 is 0 Å². The third-order valence-electron chi connectivity index (χ3n) is 2.49. The van der Waals surface area contributed by atoms with Gasteiger partial charge in [0.05, 0.1) is 5.69 Å². The predicted molar refractivity (Wildman–Crippen MR) is 58.1 cm³/mol. The van der Waals surface area contributed by atoms with Crippen molar-refractivity contribution >= 4 is 11.6 Å². The number of hydrogen-bond acceptors (Lipinski definition) is 3. The standard InChI is InChI=1S/C11H14N2O2/c1-12-6-8-3-4-9-10(5-8)15-7-11(14)13(9)2/h3-5,12H,6-7H2,1-2H3. The van der Waals surface area contributed by atoms with Gasteiger partial charge in [0.2, 0.25) is 0 Å². The fraction of sp³-hybridized carbons (Fsp3) is 0.364. The van der Waals surface area contributed by atoms with Crippen LogP contribution in [0.1, 0.15) is 5.56 Å². The molecule has 1 amide bonds. The molecule has 0 atom stereocenters. The summed E-state index contributed by atoms with van der Waals surface area (Å²) in [5.74, 6) is 0.772. The van der Waals surface area contributed by atoms with Gasteiger partial charge in [-0.1, -0.05) is 6.07 Å². The Bertz CT molecular complexity index is 390. The van der Waals surface area contributed by atoms with Crippen LogP contribution in [0, 0.1) is 0 Å². The maximum Gasteiger partial charge on any atom is 0.264 e. The van der Waals surface area contributed by atoms with Crippen LogP contribution in [0.4, 0.5) is 5.69 Å². The molecule has 0 aromatic heterocycles. The van der Waals surface area contributed by atoms with Gasteiger partial charge in [0, 0.05) is 13.6 Å². The van der Waals surface area contributed by atoms with Crippen LogP contribution in [0.25, 0.3) is 0 Å². The molecule has 80 valence electrons. The number of nitrogens with one attached hydrogen (secondary N) is 1. The number of fused-ring (bicyclic) bond motifs is 1. The van der Waals surface area contributed by atoms with Crippen LogP contribution in [-0.4, -0.2) is 26.6 Å². The van der Waals surface area contributed by atoms with Gasteiger partial charge in [-0.3, -0.25) is 4.79 Å². The van der Waals surface area contributed by atoms with E-state index in [-0.39, 0.29) is 12.5 Å². The average Bonchev–Trinajstić information content (AvgIpc) is 2.24. The summed E-state index contributed by atoms with van der Waals surface area (Å²) in [6.07, 6.45) is 0. The zero-order chi connectivity index (χ0) is 10.8. The summed E-state index contributed by atoms with van der Waals surface area (Å²) in [4.78, 5) is 13.0. The van der Waals surface area contributed by atoms with E-state index < -0.39 is 0 Å². The highest BCUT2D eigenvalue weighted by atomic mass is 16.5. The van der Waals surface area contributed by atoms with Gasteiger partial charge in [-0.2, -0.15) is 0 Å². The van der Waals surface area contributed by atoms with Crippen LogP contribution in [0.3, 0.4) is 0 Å². The van der Waals surface area contributed by atoms with Gasteiger partial charge in [-0.15, -0.1) is 0 Å². The molecule has 1 aromatic carbocycles. The van der Waals surface area contributed by atoms with Crippen molar-refractivity contribution in [3.63, 3.8) is 0 Å². The number of hydrogen-bond donors (Lipinski definition) is 1. The molecule has 4 heteroatoms. The Hall–Kier alpha value is -1.55. The number of benzene rings is 1. The van der Waals surface area contributed by atoms with Gasteiger partial charge in [0.25, 0.3) is 5.91 Å². The fourth-order valence-electron chi connectivity index (χ4n) is 1.64. The second-order valence-corrected chi connectivity index (χ2v) is 3.57. The molecule has 0 fully saturated rings. The van der Waals surface area contributed by atoms with Crippen molar-refractivity contribution in [2.45, 2.75) is 6.54 Å². The van der Waals surface area contributed by atoms with Crippen molar-refractivity contribution in [2.75, 3.05) is 25.6 Å². The minimum absolute atomic E-state index is 0.0103. The van der Waals surface area contributed by atoms with Crippen molar-refractivity contribution < 1.29 is 9.53 Å². The summed E-state index contributed by atoms with van der Waals surface area (Å²) in [7, 11) is 3.66. The molecule has 15 heavy (non-hydrogen) atoms. The molecule has 1 N–H and O–H groups in total. The van der Waals surface area contributed by atoms with Gasteiger partial charge < -0.3 is 15.0 Å². The third-order valence-corrected chi connectivity index (χ3v) is 2.49. The summed E-state index contributed by atoms with van der Waals surface area (Å²) in [5, 5.41) is 3.07. The Balaban J connectivity index is 2.34. The summed E-state index contributed by atoms with van der Waals surface area (Å²) >= 11 is 0. The average molecular weight is 206 g/mol. The zero-order valence-electron chi connectivity index (χ0n) is 8.91. The number of anilines is 1.